The Hall–Kier alpha value is -2.01. The van der Waals surface area contributed by atoms with Gasteiger partial charge in [-0.2, -0.15) is 5.10 Å². The molecule has 1 aromatic heterocycles. The van der Waals surface area contributed by atoms with E-state index in [-0.39, 0.29) is 22.7 Å². The molecule has 0 aliphatic heterocycles. The fourth-order valence-electron chi connectivity index (χ4n) is 1.69. The van der Waals surface area contributed by atoms with Gasteiger partial charge >= 0.3 is 0 Å². The van der Waals surface area contributed by atoms with Gasteiger partial charge < -0.3 is 10.4 Å². The topological polar surface area (TPSA) is 67.2 Å². The molecule has 0 spiro atoms. The lowest BCUT2D eigenvalue weighted by Crippen LogP contribution is -2.35. The smallest absolute Gasteiger partial charge is 0.251 e. The van der Waals surface area contributed by atoms with Crippen molar-refractivity contribution >= 4 is 17.5 Å². The van der Waals surface area contributed by atoms with Crippen LogP contribution in [0.2, 0.25) is 5.02 Å². The zero-order chi connectivity index (χ0) is 13.8. The van der Waals surface area contributed by atoms with Gasteiger partial charge in [0.15, 0.2) is 0 Å². The average molecular weight is 280 g/mol. The Morgan fingerprint density at radius 2 is 2.37 bits per heavy atom. The van der Waals surface area contributed by atoms with Crippen LogP contribution in [-0.4, -0.2) is 26.8 Å². The lowest BCUT2D eigenvalue weighted by atomic mass is 10.2. The van der Waals surface area contributed by atoms with E-state index in [0.717, 1.165) is 0 Å². The Morgan fingerprint density at radius 1 is 1.58 bits per heavy atom. The Bertz CT molecular complexity index is 569. The Balaban J connectivity index is 1.98. The van der Waals surface area contributed by atoms with Gasteiger partial charge in [0.05, 0.1) is 11.6 Å². The van der Waals surface area contributed by atoms with E-state index in [0.29, 0.717) is 12.1 Å². The molecule has 1 aromatic carbocycles. The number of rotatable bonds is 4. The van der Waals surface area contributed by atoms with Crippen LogP contribution >= 0.6 is 11.6 Å². The Morgan fingerprint density at radius 3 is 3.00 bits per heavy atom. The second-order valence-electron chi connectivity index (χ2n) is 4.27. The first-order valence-electron chi connectivity index (χ1n) is 5.83. The number of hydrogen-bond donors (Lipinski definition) is 2. The maximum absolute atomic E-state index is 12.0. The van der Waals surface area contributed by atoms with Crippen molar-refractivity contribution in [1.82, 2.24) is 15.1 Å². The number of halogens is 1. The number of carbonyl (C=O) groups is 1. The molecule has 100 valence electrons. The molecule has 0 saturated carbocycles. The van der Waals surface area contributed by atoms with Gasteiger partial charge in [-0.15, -0.1) is 0 Å². The minimum absolute atomic E-state index is 0.0391. The van der Waals surface area contributed by atoms with E-state index in [1.54, 1.807) is 10.9 Å². The third-order valence-corrected chi connectivity index (χ3v) is 2.91. The summed E-state index contributed by atoms with van der Waals surface area (Å²) in [5.41, 5.74) is 0.412. The monoisotopic (exact) mass is 279 g/mol. The summed E-state index contributed by atoms with van der Waals surface area (Å²) < 4.78 is 1.74. The summed E-state index contributed by atoms with van der Waals surface area (Å²) in [5.74, 6) is -0.274. The summed E-state index contributed by atoms with van der Waals surface area (Å²) in [5, 5.41) is 16.4. The van der Waals surface area contributed by atoms with E-state index >= 15 is 0 Å². The largest absolute Gasteiger partial charge is 0.506 e. The summed E-state index contributed by atoms with van der Waals surface area (Å²) in [7, 11) is 0. The van der Waals surface area contributed by atoms with Crippen LogP contribution in [0.4, 0.5) is 0 Å². The van der Waals surface area contributed by atoms with Gasteiger partial charge in [0.1, 0.15) is 5.75 Å². The van der Waals surface area contributed by atoms with Gasteiger partial charge in [-0.1, -0.05) is 11.6 Å². The quantitative estimate of drug-likeness (QED) is 0.900. The highest BCUT2D eigenvalue weighted by molar-refractivity contribution is 6.32. The van der Waals surface area contributed by atoms with Gasteiger partial charge in [0.25, 0.3) is 5.91 Å². The lowest BCUT2D eigenvalue weighted by molar-refractivity contribution is 0.0936. The lowest BCUT2D eigenvalue weighted by Gasteiger charge is -2.14. The summed E-state index contributed by atoms with van der Waals surface area (Å²) in [6.07, 6.45) is 3.52. The number of hydrogen-bond acceptors (Lipinski definition) is 3. The van der Waals surface area contributed by atoms with E-state index in [2.05, 4.69) is 10.4 Å². The molecule has 2 N–H and O–H groups in total. The normalized spacial score (nSPS) is 12.1. The van der Waals surface area contributed by atoms with Crippen molar-refractivity contribution in [3.63, 3.8) is 0 Å². The first-order valence-corrected chi connectivity index (χ1v) is 6.21. The minimum atomic E-state index is -0.235. The number of amides is 1. The van der Waals surface area contributed by atoms with Crippen molar-refractivity contribution in [2.45, 2.75) is 19.5 Å². The molecule has 0 bridgehead atoms. The van der Waals surface area contributed by atoms with Crippen molar-refractivity contribution in [3.05, 3.63) is 47.2 Å². The molecule has 0 aliphatic rings. The number of nitrogens with one attached hydrogen (secondary N) is 1. The number of aromatic hydroxyl groups is 1. The van der Waals surface area contributed by atoms with Crippen LogP contribution in [-0.2, 0) is 6.54 Å². The van der Waals surface area contributed by atoms with E-state index in [1.165, 1.54) is 18.2 Å². The first-order chi connectivity index (χ1) is 9.06. The van der Waals surface area contributed by atoms with Crippen LogP contribution in [0.3, 0.4) is 0 Å². The molecule has 0 saturated heterocycles. The van der Waals surface area contributed by atoms with Crippen molar-refractivity contribution in [2.24, 2.45) is 0 Å². The summed E-state index contributed by atoms with van der Waals surface area (Å²) in [4.78, 5) is 12.0. The van der Waals surface area contributed by atoms with Crippen molar-refractivity contribution < 1.29 is 9.90 Å². The number of phenolic OH excluding ortho intramolecular Hbond substituents is 1. The molecule has 19 heavy (non-hydrogen) atoms. The van der Waals surface area contributed by atoms with E-state index < -0.39 is 0 Å². The van der Waals surface area contributed by atoms with Crippen molar-refractivity contribution in [3.8, 4) is 5.75 Å². The fourth-order valence-corrected chi connectivity index (χ4v) is 1.87. The van der Waals surface area contributed by atoms with Gasteiger partial charge in [0, 0.05) is 24.0 Å². The van der Waals surface area contributed by atoms with Gasteiger partial charge in [-0.25, -0.2) is 0 Å². The Labute approximate surface area is 115 Å². The van der Waals surface area contributed by atoms with Crippen LogP contribution in [0.1, 0.15) is 17.3 Å². The summed E-state index contributed by atoms with van der Waals surface area (Å²) >= 11 is 5.77. The number of nitrogens with zero attached hydrogens (tertiary/aromatic N) is 2. The summed E-state index contributed by atoms with van der Waals surface area (Å²) in [6, 6.07) is 6.12. The first kappa shape index (κ1) is 13.4. The molecule has 6 heteroatoms. The second-order valence-corrected chi connectivity index (χ2v) is 4.68. The highest BCUT2D eigenvalue weighted by atomic mass is 35.5. The second kappa shape index (κ2) is 5.75. The van der Waals surface area contributed by atoms with Crippen molar-refractivity contribution in [1.29, 1.82) is 0 Å². The maximum atomic E-state index is 12.0. The van der Waals surface area contributed by atoms with E-state index in [9.17, 15) is 9.90 Å². The zero-order valence-corrected chi connectivity index (χ0v) is 11.1. The molecule has 1 heterocycles. The standard InChI is InChI=1S/C13H14ClN3O2/c1-9(8-17-6-2-5-15-17)16-13(19)10-3-4-12(18)11(14)7-10/h2-7,9,18H,8H2,1H3,(H,16,19). The van der Waals surface area contributed by atoms with E-state index in [1.807, 2.05) is 19.2 Å². The van der Waals surface area contributed by atoms with Gasteiger partial charge in [-0.3, -0.25) is 9.48 Å². The number of benzene rings is 1. The van der Waals surface area contributed by atoms with Crippen LogP contribution in [0, 0.1) is 0 Å². The van der Waals surface area contributed by atoms with Crippen molar-refractivity contribution in [2.75, 3.05) is 0 Å². The fraction of sp³-hybridized carbons (Fsp3) is 0.231. The number of carbonyl (C=O) groups excluding carboxylic acids is 1. The molecule has 1 amide bonds. The molecule has 1 atom stereocenters. The molecule has 2 rings (SSSR count). The predicted molar refractivity (Wildman–Crippen MR) is 72.3 cm³/mol. The Kier molecular flexibility index (Phi) is 4.06. The summed E-state index contributed by atoms with van der Waals surface area (Å²) in [6.45, 7) is 2.48. The predicted octanol–water partition coefficient (Wildman–Crippen LogP) is 2.06. The molecule has 0 fully saturated rings. The van der Waals surface area contributed by atoms with Crippen LogP contribution < -0.4 is 5.32 Å². The van der Waals surface area contributed by atoms with Crippen LogP contribution in [0.15, 0.2) is 36.7 Å². The molecule has 0 radical (unpaired) electrons. The minimum Gasteiger partial charge on any atom is -0.506 e. The van der Waals surface area contributed by atoms with Crippen LogP contribution in [0.25, 0.3) is 0 Å². The van der Waals surface area contributed by atoms with Crippen LogP contribution in [0.5, 0.6) is 5.75 Å². The third kappa shape index (κ3) is 3.48. The van der Waals surface area contributed by atoms with Gasteiger partial charge in [-0.05, 0) is 31.2 Å². The maximum Gasteiger partial charge on any atom is 0.251 e. The molecule has 0 aliphatic carbocycles. The van der Waals surface area contributed by atoms with E-state index in [4.69, 9.17) is 11.6 Å². The third-order valence-electron chi connectivity index (χ3n) is 2.61. The molecule has 5 nitrogen and oxygen atoms in total. The zero-order valence-electron chi connectivity index (χ0n) is 10.4. The molecule has 2 aromatic rings. The molecular weight excluding hydrogens is 266 g/mol. The SMILES string of the molecule is CC(Cn1cccn1)NC(=O)c1ccc(O)c(Cl)c1. The molecule has 1 unspecified atom stereocenters. The molecular formula is C13H14ClN3O2. The van der Waals surface area contributed by atoms with Gasteiger partial charge in [0.2, 0.25) is 0 Å². The average Bonchev–Trinajstić information content (AvgIpc) is 2.85. The highest BCUT2D eigenvalue weighted by Gasteiger charge is 2.11. The highest BCUT2D eigenvalue weighted by Crippen LogP contribution is 2.23. The number of phenols is 1. The number of aromatic nitrogens is 2.